The van der Waals surface area contributed by atoms with E-state index in [4.69, 9.17) is 0 Å². The molecule has 0 aliphatic carbocycles. The monoisotopic (exact) mass is 213 g/mol. The van der Waals surface area contributed by atoms with Crippen molar-refractivity contribution in [3.63, 3.8) is 0 Å². The minimum Gasteiger partial charge on any atom is -0.336 e. The molecule has 5 heteroatoms. The quantitative estimate of drug-likeness (QED) is 0.668. The summed E-state index contributed by atoms with van der Waals surface area (Å²) in [7, 11) is 1.92. The zero-order chi connectivity index (χ0) is 11.1. The van der Waals surface area contributed by atoms with Gasteiger partial charge in [0.15, 0.2) is 5.65 Å². The molecule has 0 unspecified atom stereocenters. The van der Waals surface area contributed by atoms with Crippen molar-refractivity contribution in [2.24, 2.45) is 7.05 Å². The highest BCUT2D eigenvalue weighted by Gasteiger charge is 2.10. The SMILES string of the molecule is Cc1c(-c2nc3ncccc3[nH]2)cnn1C. The molecule has 0 amide bonds. The topological polar surface area (TPSA) is 59.4 Å². The molecular weight excluding hydrogens is 202 g/mol. The summed E-state index contributed by atoms with van der Waals surface area (Å²) in [5.41, 5.74) is 3.78. The Morgan fingerprint density at radius 1 is 1.38 bits per heavy atom. The molecule has 0 aliphatic rings. The van der Waals surface area contributed by atoms with E-state index in [-0.39, 0.29) is 0 Å². The summed E-state index contributed by atoms with van der Waals surface area (Å²) in [4.78, 5) is 11.9. The number of fused-ring (bicyclic) bond motifs is 1. The maximum atomic E-state index is 4.44. The van der Waals surface area contributed by atoms with E-state index in [1.54, 1.807) is 6.20 Å². The van der Waals surface area contributed by atoms with Gasteiger partial charge in [-0.2, -0.15) is 5.10 Å². The summed E-state index contributed by atoms with van der Waals surface area (Å²) >= 11 is 0. The summed E-state index contributed by atoms with van der Waals surface area (Å²) in [5, 5.41) is 4.20. The number of hydrogen-bond acceptors (Lipinski definition) is 3. The van der Waals surface area contributed by atoms with Gasteiger partial charge >= 0.3 is 0 Å². The minimum atomic E-state index is 0.737. The van der Waals surface area contributed by atoms with E-state index in [2.05, 4.69) is 20.1 Å². The van der Waals surface area contributed by atoms with Gasteiger partial charge in [0.2, 0.25) is 0 Å². The molecule has 3 heterocycles. The Morgan fingerprint density at radius 3 is 2.94 bits per heavy atom. The van der Waals surface area contributed by atoms with Crippen LogP contribution in [0.25, 0.3) is 22.6 Å². The van der Waals surface area contributed by atoms with Gasteiger partial charge in [-0.1, -0.05) is 0 Å². The fraction of sp³-hybridized carbons (Fsp3) is 0.182. The maximum absolute atomic E-state index is 4.44. The largest absolute Gasteiger partial charge is 0.336 e. The number of H-pyrrole nitrogens is 1. The van der Waals surface area contributed by atoms with Gasteiger partial charge in [-0.25, -0.2) is 9.97 Å². The molecule has 0 bridgehead atoms. The highest BCUT2D eigenvalue weighted by atomic mass is 15.3. The Kier molecular flexibility index (Phi) is 1.80. The van der Waals surface area contributed by atoms with E-state index < -0.39 is 0 Å². The van der Waals surface area contributed by atoms with Crippen molar-refractivity contribution in [1.29, 1.82) is 0 Å². The van der Waals surface area contributed by atoms with Crippen molar-refractivity contribution >= 4 is 11.2 Å². The van der Waals surface area contributed by atoms with Crippen LogP contribution in [-0.4, -0.2) is 24.7 Å². The number of hydrogen-bond donors (Lipinski definition) is 1. The summed E-state index contributed by atoms with van der Waals surface area (Å²) in [6, 6.07) is 3.85. The van der Waals surface area contributed by atoms with Crippen molar-refractivity contribution in [1.82, 2.24) is 24.7 Å². The molecular formula is C11H11N5. The molecule has 0 atom stereocenters. The predicted molar refractivity (Wildman–Crippen MR) is 60.8 cm³/mol. The second-order valence-electron chi connectivity index (χ2n) is 3.73. The lowest BCUT2D eigenvalue weighted by Crippen LogP contribution is -1.92. The fourth-order valence-corrected chi connectivity index (χ4v) is 1.70. The highest BCUT2D eigenvalue weighted by molar-refractivity contribution is 5.75. The lowest BCUT2D eigenvalue weighted by Gasteiger charge is -1.95. The minimum absolute atomic E-state index is 0.737. The normalized spacial score (nSPS) is 11.1. The zero-order valence-electron chi connectivity index (χ0n) is 9.10. The number of rotatable bonds is 1. The first kappa shape index (κ1) is 9.08. The Morgan fingerprint density at radius 2 is 2.25 bits per heavy atom. The second kappa shape index (κ2) is 3.16. The fourth-order valence-electron chi connectivity index (χ4n) is 1.70. The van der Waals surface area contributed by atoms with E-state index in [1.165, 1.54) is 0 Å². The molecule has 0 radical (unpaired) electrons. The molecule has 16 heavy (non-hydrogen) atoms. The summed E-state index contributed by atoms with van der Waals surface area (Å²) in [5.74, 6) is 0.819. The Bertz CT molecular complexity index is 616. The first-order valence-electron chi connectivity index (χ1n) is 5.05. The molecule has 3 aromatic rings. The standard InChI is InChI=1S/C11H11N5/c1-7-8(6-13-16(7)2)10-14-9-4-3-5-12-11(9)15-10/h3-6H,1-2H3,(H,12,14,15). The van der Waals surface area contributed by atoms with Crippen LogP contribution in [0, 0.1) is 6.92 Å². The van der Waals surface area contributed by atoms with Gasteiger partial charge in [0, 0.05) is 18.9 Å². The van der Waals surface area contributed by atoms with Crippen molar-refractivity contribution in [2.75, 3.05) is 0 Å². The number of aryl methyl sites for hydroxylation is 1. The van der Waals surface area contributed by atoms with Crippen LogP contribution in [-0.2, 0) is 7.05 Å². The Hall–Kier alpha value is -2.17. The van der Waals surface area contributed by atoms with Crippen molar-refractivity contribution < 1.29 is 0 Å². The third-order valence-electron chi connectivity index (χ3n) is 2.75. The molecule has 1 N–H and O–H groups in total. The number of nitrogens with one attached hydrogen (secondary N) is 1. The average molecular weight is 213 g/mol. The molecule has 0 aliphatic heterocycles. The number of imidazole rings is 1. The van der Waals surface area contributed by atoms with E-state index >= 15 is 0 Å². The molecule has 5 nitrogen and oxygen atoms in total. The zero-order valence-corrected chi connectivity index (χ0v) is 9.10. The van der Waals surface area contributed by atoms with Crippen LogP contribution >= 0.6 is 0 Å². The molecule has 3 rings (SSSR count). The smallest absolute Gasteiger partial charge is 0.178 e. The van der Waals surface area contributed by atoms with Gasteiger partial charge < -0.3 is 4.98 Å². The van der Waals surface area contributed by atoms with Gasteiger partial charge in [0.1, 0.15) is 5.82 Å². The summed E-state index contributed by atoms with van der Waals surface area (Å²) in [6.45, 7) is 2.02. The molecule has 3 aromatic heterocycles. The lowest BCUT2D eigenvalue weighted by molar-refractivity contribution is 0.740. The number of nitrogens with zero attached hydrogens (tertiary/aromatic N) is 4. The number of pyridine rings is 1. The number of aromatic amines is 1. The van der Waals surface area contributed by atoms with E-state index in [9.17, 15) is 0 Å². The van der Waals surface area contributed by atoms with Crippen LogP contribution in [0.5, 0.6) is 0 Å². The van der Waals surface area contributed by atoms with Crippen LogP contribution < -0.4 is 0 Å². The third kappa shape index (κ3) is 1.21. The molecule has 0 saturated carbocycles. The summed E-state index contributed by atoms with van der Waals surface area (Å²) in [6.07, 6.45) is 3.55. The highest BCUT2D eigenvalue weighted by Crippen LogP contribution is 2.21. The summed E-state index contributed by atoms with van der Waals surface area (Å²) < 4.78 is 1.83. The lowest BCUT2D eigenvalue weighted by atomic mass is 10.2. The Labute approximate surface area is 92.2 Å². The predicted octanol–water partition coefficient (Wildman–Crippen LogP) is 1.67. The van der Waals surface area contributed by atoms with Gasteiger partial charge in [-0.05, 0) is 19.1 Å². The molecule has 0 spiro atoms. The van der Waals surface area contributed by atoms with Crippen molar-refractivity contribution in [2.45, 2.75) is 6.92 Å². The van der Waals surface area contributed by atoms with Gasteiger partial charge in [0.25, 0.3) is 0 Å². The van der Waals surface area contributed by atoms with Crippen molar-refractivity contribution in [3.8, 4) is 11.4 Å². The molecule has 0 aromatic carbocycles. The molecule has 80 valence electrons. The maximum Gasteiger partial charge on any atom is 0.178 e. The van der Waals surface area contributed by atoms with Gasteiger partial charge in [-0.15, -0.1) is 0 Å². The van der Waals surface area contributed by atoms with E-state index in [1.807, 2.05) is 37.0 Å². The first-order chi connectivity index (χ1) is 7.75. The van der Waals surface area contributed by atoms with Gasteiger partial charge in [0.05, 0.1) is 17.3 Å². The Balaban J connectivity index is 2.23. The van der Waals surface area contributed by atoms with Gasteiger partial charge in [-0.3, -0.25) is 4.68 Å². The van der Waals surface area contributed by atoms with Crippen LogP contribution in [0.2, 0.25) is 0 Å². The van der Waals surface area contributed by atoms with Crippen LogP contribution in [0.4, 0.5) is 0 Å². The van der Waals surface area contributed by atoms with Crippen LogP contribution in [0.1, 0.15) is 5.69 Å². The van der Waals surface area contributed by atoms with E-state index in [0.717, 1.165) is 28.2 Å². The van der Waals surface area contributed by atoms with E-state index in [0.29, 0.717) is 0 Å². The first-order valence-corrected chi connectivity index (χ1v) is 5.05. The number of aromatic nitrogens is 5. The van der Waals surface area contributed by atoms with Crippen molar-refractivity contribution in [3.05, 3.63) is 30.2 Å². The second-order valence-corrected chi connectivity index (χ2v) is 3.73. The average Bonchev–Trinajstić information content (AvgIpc) is 2.84. The third-order valence-corrected chi connectivity index (χ3v) is 2.75. The van der Waals surface area contributed by atoms with Crippen LogP contribution in [0.3, 0.4) is 0 Å². The molecule has 0 saturated heterocycles. The molecule has 0 fully saturated rings. The van der Waals surface area contributed by atoms with Crippen LogP contribution in [0.15, 0.2) is 24.5 Å².